The maximum Gasteiger partial charge on any atom is 0.265 e. The molecular formula is C32H31N5O2S. The number of likely N-dealkylation sites (N-methyl/N-ethyl adjacent to an activating group) is 1. The number of piperazine rings is 1. The van der Waals surface area contributed by atoms with Crippen molar-refractivity contribution in [3.8, 4) is 0 Å². The number of benzene rings is 3. The zero-order valence-corrected chi connectivity index (χ0v) is 23.2. The lowest BCUT2D eigenvalue weighted by Crippen LogP contribution is -2.44. The number of nitrogens with one attached hydrogen (secondary N) is 2. The van der Waals surface area contributed by atoms with Gasteiger partial charge in [0, 0.05) is 49.5 Å². The fourth-order valence-corrected chi connectivity index (χ4v) is 5.73. The molecule has 1 atom stereocenters. The largest absolute Gasteiger partial charge is 0.369 e. The normalized spacial score (nSPS) is 17.2. The molecule has 0 bridgehead atoms. The standard InChI is InChI=1S/C32H31N5O2S/c1-36-14-16-37(17-15-36)26-11-9-24(10-12-26)33-21-28-27-20-23(6-13-29(27)35-31(28)38)19-22-4-7-25(8-5-22)34-32(39)30-3-2-18-40-30/h2-13,18,20-21,28H,14-17,19H2,1H3,(H,34,39)(H,35,38). The molecule has 6 rings (SSSR count). The summed E-state index contributed by atoms with van der Waals surface area (Å²) in [5.41, 5.74) is 6.82. The first-order valence-corrected chi connectivity index (χ1v) is 14.3. The van der Waals surface area contributed by atoms with E-state index in [1.807, 2.05) is 66.0 Å². The Labute approximate surface area is 238 Å². The van der Waals surface area contributed by atoms with Crippen LogP contribution in [0.4, 0.5) is 22.7 Å². The molecule has 1 aromatic heterocycles. The van der Waals surface area contributed by atoms with Crippen LogP contribution in [-0.2, 0) is 11.2 Å². The van der Waals surface area contributed by atoms with Crippen molar-refractivity contribution < 1.29 is 9.59 Å². The van der Waals surface area contributed by atoms with E-state index >= 15 is 0 Å². The summed E-state index contributed by atoms with van der Waals surface area (Å²) < 4.78 is 0. The number of carbonyl (C=O) groups is 2. The first kappa shape index (κ1) is 26.0. The third-order valence-electron chi connectivity index (χ3n) is 7.45. The van der Waals surface area contributed by atoms with Crippen LogP contribution < -0.4 is 15.5 Å². The Morgan fingerprint density at radius 3 is 2.48 bits per heavy atom. The summed E-state index contributed by atoms with van der Waals surface area (Å²) in [5.74, 6) is -0.588. The molecule has 0 saturated carbocycles. The Bertz CT molecular complexity index is 1520. The number of hydrogen-bond donors (Lipinski definition) is 2. The van der Waals surface area contributed by atoms with Crippen LogP contribution in [0.2, 0.25) is 0 Å². The van der Waals surface area contributed by atoms with Crippen LogP contribution in [0, 0.1) is 0 Å². The molecule has 0 radical (unpaired) electrons. The lowest BCUT2D eigenvalue weighted by molar-refractivity contribution is -0.115. The van der Waals surface area contributed by atoms with Crippen molar-refractivity contribution in [3.63, 3.8) is 0 Å². The molecule has 3 aromatic carbocycles. The van der Waals surface area contributed by atoms with Gasteiger partial charge in [0.05, 0.1) is 10.6 Å². The quantitative estimate of drug-likeness (QED) is 0.287. The molecule has 2 aliphatic heterocycles. The average molecular weight is 550 g/mol. The van der Waals surface area contributed by atoms with E-state index in [0.29, 0.717) is 4.88 Å². The molecule has 2 N–H and O–H groups in total. The Morgan fingerprint density at radius 1 is 1.00 bits per heavy atom. The van der Waals surface area contributed by atoms with Crippen molar-refractivity contribution in [1.29, 1.82) is 0 Å². The van der Waals surface area contributed by atoms with Crippen LogP contribution in [0.5, 0.6) is 0 Å². The van der Waals surface area contributed by atoms with Crippen molar-refractivity contribution in [2.24, 2.45) is 4.99 Å². The monoisotopic (exact) mass is 549 g/mol. The Balaban J connectivity index is 1.11. The van der Waals surface area contributed by atoms with Gasteiger partial charge in [0.25, 0.3) is 5.91 Å². The van der Waals surface area contributed by atoms with Crippen molar-refractivity contribution in [1.82, 2.24) is 4.90 Å². The zero-order valence-electron chi connectivity index (χ0n) is 22.3. The van der Waals surface area contributed by atoms with E-state index in [-0.39, 0.29) is 11.8 Å². The summed E-state index contributed by atoms with van der Waals surface area (Å²) in [6, 6.07) is 25.9. The Morgan fingerprint density at radius 2 is 1.75 bits per heavy atom. The molecule has 40 heavy (non-hydrogen) atoms. The van der Waals surface area contributed by atoms with Gasteiger partial charge in [-0.15, -0.1) is 11.3 Å². The van der Waals surface area contributed by atoms with Crippen LogP contribution >= 0.6 is 11.3 Å². The lowest BCUT2D eigenvalue weighted by Gasteiger charge is -2.34. The number of thiophene rings is 1. The molecule has 2 amide bonds. The predicted octanol–water partition coefficient (Wildman–Crippen LogP) is 5.78. The molecule has 4 aromatic rings. The van der Waals surface area contributed by atoms with Crippen molar-refractivity contribution >= 4 is 52.1 Å². The van der Waals surface area contributed by atoms with E-state index in [4.69, 9.17) is 0 Å². The van der Waals surface area contributed by atoms with E-state index < -0.39 is 5.92 Å². The highest BCUT2D eigenvalue weighted by Crippen LogP contribution is 2.33. The van der Waals surface area contributed by atoms with Gasteiger partial charge in [-0.25, -0.2) is 0 Å². The highest BCUT2D eigenvalue weighted by atomic mass is 32.1. The summed E-state index contributed by atoms with van der Waals surface area (Å²) in [5, 5.41) is 7.81. The molecule has 1 unspecified atom stereocenters. The Hall–Kier alpha value is -4.27. The number of carbonyl (C=O) groups excluding carboxylic acids is 2. The molecule has 0 aliphatic carbocycles. The number of nitrogens with zero attached hydrogens (tertiary/aromatic N) is 3. The SMILES string of the molecule is CN1CCN(c2ccc(N=CC3C(=O)Nc4ccc(Cc5ccc(NC(=O)c6cccs6)cc5)cc43)cc2)CC1. The van der Waals surface area contributed by atoms with Gasteiger partial charge in [-0.05, 0) is 84.1 Å². The lowest BCUT2D eigenvalue weighted by atomic mass is 9.96. The topological polar surface area (TPSA) is 77.0 Å². The number of fused-ring (bicyclic) bond motifs is 1. The molecule has 3 heterocycles. The Kier molecular flexibility index (Phi) is 7.44. The van der Waals surface area contributed by atoms with Gasteiger partial charge in [0.15, 0.2) is 0 Å². The fraction of sp³-hybridized carbons (Fsp3) is 0.219. The van der Waals surface area contributed by atoms with Gasteiger partial charge >= 0.3 is 0 Å². The van der Waals surface area contributed by atoms with E-state index in [2.05, 4.69) is 50.7 Å². The van der Waals surface area contributed by atoms with Gasteiger partial charge in [0.1, 0.15) is 5.92 Å². The minimum Gasteiger partial charge on any atom is -0.369 e. The van der Waals surface area contributed by atoms with Gasteiger partial charge in [0.2, 0.25) is 5.91 Å². The van der Waals surface area contributed by atoms with E-state index in [9.17, 15) is 9.59 Å². The third kappa shape index (κ3) is 5.83. The van der Waals surface area contributed by atoms with Gasteiger partial charge in [-0.2, -0.15) is 0 Å². The third-order valence-corrected chi connectivity index (χ3v) is 8.32. The summed E-state index contributed by atoms with van der Waals surface area (Å²) in [7, 11) is 2.16. The average Bonchev–Trinajstić information content (AvgIpc) is 3.62. The summed E-state index contributed by atoms with van der Waals surface area (Å²) >= 11 is 1.42. The number of hydrogen-bond acceptors (Lipinski definition) is 6. The number of rotatable bonds is 7. The molecule has 1 fully saturated rings. The number of aliphatic imine (C=N–C) groups is 1. The van der Waals surface area contributed by atoms with Crippen molar-refractivity contribution in [3.05, 3.63) is 106 Å². The second-order valence-corrected chi connectivity index (χ2v) is 11.2. The summed E-state index contributed by atoms with van der Waals surface area (Å²) in [6.45, 7) is 4.18. The smallest absolute Gasteiger partial charge is 0.265 e. The number of amides is 2. The molecule has 2 aliphatic rings. The molecular weight excluding hydrogens is 518 g/mol. The van der Waals surface area contributed by atoms with Crippen LogP contribution in [-0.4, -0.2) is 56.2 Å². The minimum atomic E-state index is -0.429. The van der Waals surface area contributed by atoms with Crippen molar-refractivity contribution in [2.45, 2.75) is 12.3 Å². The van der Waals surface area contributed by atoms with Gasteiger partial charge in [-0.1, -0.05) is 30.3 Å². The second kappa shape index (κ2) is 11.5. The van der Waals surface area contributed by atoms with Crippen LogP contribution in [0.1, 0.15) is 32.3 Å². The first-order chi connectivity index (χ1) is 19.5. The zero-order chi connectivity index (χ0) is 27.5. The first-order valence-electron chi connectivity index (χ1n) is 13.5. The number of anilines is 3. The summed E-state index contributed by atoms with van der Waals surface area (Å²) in [6.07, 6.45) is 2.47. The fourth-order valence-electron chi connectivity index (χ4n) is 5.11. The molecule has 7 nitrogen and oxygen atoms in total. The van der Waals surface area contributed by atoms with Crippen LogP contribution in [0.25, 0.3) is 0 Å². The van der Waals surface area contributed by atoms with E-state index in [0.717, 1.165) is 66.4 Å². The van der Waals surface area contributed by atoms with E-state index in [1.54, 1.807) is 6.21 Å². The second-order valence-electron chi connectivity index (χ2n) is 10.3. The van der Waals surface area contributed by atoms with Gasteiger partial charge < -0.3 is 20.4 Å². The van der Waals surface area contributed by atoms with Gasteiger partial charge in [-0.3, -0.25) is 14.6 Å². The highest BCUT2D eigenvalue weighted by molar-refractivity contribution is 7.12. The molecule has 0 spiro atoms. The molecule has 202 valence electrons. The highest BCUT2D eigenvalue weighted by Gasteiger charge is 2.29. The minimum absolute atomic E-state index is 0.0595. The molecule has 8 heteroatoms. The predicted molar refractivity (Wildman–Crippen MR) is 164 cm³/mol. The van der Waals surface area contributed by atoms with Crippen LogP contribution in [0.15, 0.2) is 89.2 Å². The maximum atomic E-state index is 12.8. The maximum absolute atomic E-state index is 12.8. The van der Waals surface area contributed by atoms with Crippen LogP contribution in [0.3, 0.4) is 0 Å². The van der Waals surface area contributed by atoms with Crippen molar-refractivity contribution in [2.75, 3.05) is 48.8 Å². The van der Waals surface area contributed by atoms with E-state index in [1.165, 1.54) is 17.0 Å². The molecule has 1 saturated heterocycles. The summed E-state index contributed by atoms with van der Waals surface area (Å²) in [4.78, 5) is 35.2.